The molecule has 2 aliphatic rings. The predicted octanol–water partition coefficient (Wildman–Crippen LogP) is 0.680. The lowest BCUT2D eigenvalue weighted by Crippen LogP contribution is -2.42. The van der Waals surface area contributed by atoms with Gasteiger partial charge in [0, 0.05) is 35.8 Å². The average Bonchev–Trinajstić information content (AvgIpc) is 3.16. The van der Waals surface area contributed by atoms with E-state index in [9.17, 15) is 14.4 Å². The number of carbonyl (C=O) groups is 3. The first kappa shape index (κ1) is 16.3. The summed E-state index contributed by atoms with van der Waals surface area (Å²) in [6, 6.07) is 7.11. The first-order chi connectivity index (χ1) is 12.6. The second-order valence-electron chi connectivity index (χ2n) is 6.19. The second-order valence-corrected chi connectivity index (χ2v) is 6.19. The Balaban J connectivity index is 1.66. The van der Waals surface area contributed by atoms with Crippen molar-refractivity contribution in [2.24, 2.45) is 0 Å². The molecule has 2 N–H and O–H groups in total. The molecule has 2 saturated heterocycles. The SMILES string of the molecule is O=C1NC(=O)/C(=C/c2cn(CC(=O)N3CCOCC3)c3ccccc23)N1. The molecule has 134 valence electrons. The highest BCUT2D eigenvalue weighted by atomic mass is 16.5. The van der Waals surface area contributed by atoms with Gasteiger partial charge >= 0.3 is 6.03 Å². The van der Waals surface area contributed by atoms with E-state index >= 15 is 0 Å². The maximum absolute atomic E-state index is 12.6. The Bertz CT molecular complexity index is 924. The van der Waals surface area contributed by atoms with Gasteiger partial charge in [-0.25, -0.2) is 4.79 Å². The molecule has 1 aromatic heterocycles. The number of nitrogens with one attached hydrogen (secondary N) is 2. The lowest BCUT2D eigenvalue weighted by Gasteiger charge is -2.27. The summed E-state index contributed by atoms with van der Waals surface area (Å²) in [6.07, 6.45) is 3.45. The van der Waals surface area contributed by atoms with Gasteiger partial charge in [-0.15, -0.1) is 0 Å². The number of rotatable bonds is 3. The van der Waals surface area contributed by atoms with E-state index in [-0.39, 0.29) is 18.1 Å². The van der Waals surface area contributed by atoms with Crippen molar-refractivity contribution in [2.45, 2.75) is 6.54 Å². The van der Waals surface area contributed by atoms with E-state index in [4.69, 9.17) is 4.74 Å². The molecule has 0 aliphatic carbocycles. The van der Waals surface area contributed by atoms with Gasteiger partial charge in [-0.1, -0.05) is 18.2 Å². The summed E-state index contributed by atoms with van der Waals surface area (Å²) in [6.45, 7) is 2.53. The Hall–Kier alpha value is -3.13. The van der Waals surface area contributed by atoms with Crippen LogP contribution in [0.15, 0.2) is 36.2 Å². The Kier molecular flexibility index (Phi) is 4.18. The van der Waals surface area contributed by atoms with Crippen molar-refractivity contribution in [2.75, 3.05) is 26.3 Å². The van der Waals surface area contributed by atoms with E-state index in [0.717, 1.165) is 16.5 Å². The van der Waals surface area contributed by atoms with Gasteiger partial charge < -0.3 is 19.5 Å². The number of para-hydroxylation sites is 1. The van der Waals surface area contributed by atoms with Crippen LogP contribution in [0.5, 0.6) is 0 Å². The minimum atomic E-state index is -0.535. The molecule has 26 heavy (non-hydrogen) atoms. The molecule has 2 aromatic rings. The standard InChI is InChI=1S/C18H18N4O4/c23-16(21-5-7-26-8-6-21)11-22-10-12(13-3-1-2-4-15(13)22)9-14-17(24)20-18(25)19-14/h1-4,9-10H,5-8,11H2,(H2,19,20,24,25)/b14-9-. The minimum absolute atomic E-state index is 0.0279. The molecule has 0 atom stereocenters. The van der Waals surface area contributed by atoms with E-state index in [2.05, 4.69) is 10.6 Å². The monoisotopic (exact) mass is 354 g/mol. The number of benzene rings is 1. The van der Waals surface area contributed by atoms with Gasteiger partial charge in [0.15, 0.2) is 0 Å². The van der Waals surface area contributed by atoms with Crippen LogP contribution in [0.2, 0.25) is 0 Å². The van der Waals surface area contributed by atoms with Gasteiger partial charge in [0.2, 0.25) is 5.91 Å². The van der Waals surface area contributed by atoms with E-state index in [1.165, 1.54) is 0 Å². The molecule has 0 saturated carbocycles. The molecule has 8 nitrogen and oxygen atoms in total. The Morgan fingerprint density at radius 2 is 1.92 bits per heavy atom. The van der Waals surface area contributed by atoms with E-state index in [1.807, 2.05) is 35.0 Å². The smallest absolute Gasteiger partial charge is 0.326 e. The second kappa shape index (κ2) is 6.64. The number of ether oxygens (including phenoxy) is 1. The van der Waals surface area contributed by atoms with Gasteiger partial charge in [-0.05, 0) is 12.1 Å². The predicted molar refractivity (Wildman–Crippen MR) is 94.0 cm³/mol. The topological polar surface area (TPSA) is 92.7 Å². The Labute approximate surface area is 149 Å². The fourth-order valence-electron chi connectivity index (χ4n) is 3.22. The number of fused-ring (bicyclic) bond motifs is 1. The number of nitrogens with zero attached hydrogens (tertiary/aromatic N) is 2. The summed E-state index contributed by atoms with van der Waals surface area (Å²) in [5.41, 5.74) is 1.85. The van der Waals surface area contributed by atoms with Crippen LogP contribution in [0.4, 0.5) is 4.79 Å². The molecule has 0 bridgehead atoms. The third-order valence-corrected chi connectivity index (χ3v) is 4.51. The van der Waals surface area contributed by atoms with Crippen molar-refractivity contribution in [3.63, 3.8) is 0 Å². The third kappa shape index (κ3) is 3.06. The first-order valence-corrected chi connectivity index (χ1v) is 8.39. The highest BCUT2D eigenvalue weighted by molar-refractivity contribution is 6.14. The number of hydrogen-bond donors (Lipinski definition) is 2. The molecule has 0 spiro atoms. The Morgan fingerprint density at radius 3 is 2.65 bits per heavy atom. The minimum Gasteiger partial charge on any atom is -0.378 e. The quantitative estimate of drug-likeness (QED) is 0.626. The van der Waals surface area contributed by atoms with Crippen molar-refractivity contribution >= 4 is 34.8 Å². The summed E-state index contributed by atoms with van der Waals surface area (Å²) in [7, 11) is 0. The molecule has 8 heteroatoms. The molecule has 4 rings (SSSR count). The number of hydrogen-bond acceptors (Lipinski definition) is 4. The number of imide groups is 1. The van der Waals surface area contributed by atoms with Crippen LogP contribution in [-0.4, -0.2) is 53.6 Å². The highest BCUT2D eigenvalue weighted by Crippen LogP contribution is 2.24. The van der Waals surface area contributed by atoms with Crippen LogP contribution in [-0.2, 0) is 20.9 Å². The zero-order chi connectivity index (χ0) is 18.1. The van der Waals surface area contributed by atoms with Gasteiger partial charge in [0.25, 0.3) is 5.91 Å². The summed E-state index contributed by atoms with van der Waals surface area (Å²) in [5.74, 6) is -0.434. The van der Waals surface area contributed by atoms with Gasteiger partial charge in [0.1, 0.15) is 12.2 Å². The molecular weight excluding hydrogens is 336 g/mol. The van der Waals surface area contributed by atoms with Crippen LogP contribution >= 0.6 is 0 Å². The summed E-state index contributed by atoms with van der Waals surface area (Å²) in [4.78, 5) is 37.4. The number of urea groups is 1. The summed E-state index contributed by atoms with van der Waals surface area (Å²) >= 11 is 0. The number of aromatic nitrogens is 1. The van der Waals surface area contributed by atoms with Crippen molar-refractivity contribution in [1.29, 1.82) is 0 Å². The average molecular weight is 354 g/mol. The van der Waals surface area contributed by atoms with E-state index in [1.54, 1.807) is 11.0 Å². The van der Waals surface area contributed by atoms with E-state index in [0.29, 0.717) is 26.3 Å². The molecule has 2 aliphatic heterocycles. The molecule has 4 amide bonds. The van der Waals surface area contributed by atoms with Crippen molar-refractivity contribution in [3.05, 3.63) is 41.7 Å². The van der Waals surface area contributed by atoms with Crippen LogP contribution < -0.4 is 10.6 Å². The van der Waals surface area contributed by atoms with E-state index < -0.39 is 11.9 Å². The van der Waals surface area contributed by atoms with Crippen LogP contribution in [0.1, 0.15) is 5.56 Å². The number of carbonyl (C=O) groups excluding carboxylic acids is 3. The third-order valence-electron chi connectivity index (χ3n) is 4.51. The number of amides is 4. The summed E-state index contributed by atoms with van der Waals surface area (Å²) < 4.78 is 7.16. The fourth-order valence-corrected chi connectivity index (χ4v) is 3.22. The lowest BCUT2D eigenvalue weighted by molar-refractivity contribution is -0.135. The molecule has 0 radical (unpaired) electrons. The van der Waals surface area contributed by atoms with Crippen LogP contribution in [0, 0.1) is 0 Å². The fraction of sp³-hybridized carbons (Fsp3) is 0.278. The lowest BCUT2D eigenvalue weighted by atomic mass is 10.1. The highest BCUT2D eigenvalue weighted by Gasteiger charge is 2.24. The van der Waals surface area contributed by atoms with Crippen molar-refractivity contribution in [1.82, 2.24) is 20.1 Å². The first-order valence-electron chi connectivity index (χ1n) is 8.39. The molecule has 0 unspecified atom stereocenters. The van der Waals surface area contributed by atoms with Gasteiger partial charge in [-0.2, -0.15) is 0 Å². The molecule has 2 fully saturated rings. The zero-order valence-electron chi connectivity index (χ0n) is 14.0. The maximum Gasteiger partial charge on any atom is 0.326 e. The largest absolute Gasteiger partial charge is 0.378 e. The zero-order valence-corrected chi connectivity index (χ0v) is 14.0. The molecule has 1 aromatic carbocycles. The maximum atomic E-state index is 12.6. The van der Waals surface area contributed by atoms with Crippen molar-refractivity contribution in [3.8, 4) is 0 Å². The number of morpholine rings is 1. The van der Waals surface area contributed by atoms with Gasteiger partial charge in [-0.3, -0.25) is 14.9 Å². The van der Waals surface area contributed by atoms with Crippen molar-refractivity contribution < 1.29 is 19.1 Å². The van der Waals surface area contributed by atoms with Gasteiger partial charge in [0.05, 0.1) is 13.2 Å². The summed E-state index contributed by atoms with van der Waals surface area (Å²) in [5, 5.41) is 5.57. The molecule has 3 heterocycles. The van der Waals surface area contributed by atoms with Crippen LogP contribution in [0.25, 0.3) is 17.0 Å². The normalized spacial score (nSPS) is 19.1. The molecular formula is C18H18N4O4. The van der Waals surface area contributed by atoms with Crippen LogP contribution in [0.3, 0.4) is 0 Å². The Morgan fingerprint density at radius 1 is 1.15 bits per heavy atom.